The zero-order valence-electron chi connectivity index (χ0n) is 15.2. The molecule has 132 valence electrons. The summed E-state index contributed by atoms with van der Waals surface area (Å²) in [7, 11) is 2.09. The SMILES string of the molecule is C=C1NN=C2C3=C1CCCC3CC(c1ccccc1)C2c1nccn1C. The second-order valence-corrected chi connectivity index (χ2v) is 7.70. The summed E-state index contributed by atoms with van der Waals surface area (Å²) in [6.45, 7) is 4.21. The monoisotopic (exact) mass is 344 g/mol. The van der Waals surface area contributed by atoms with Crippen molar-refractivity contribution in [2.24, 2.45) is 18.1 Å². The smallest absolute Gasteiger partial charge is 0.118 e. The zero-order valence-corrected chi connectivity index (χ0v) is 15.2. The van der Waals surface area contributed by atoms with Gasteiger partial charge in [-0.1, -0.05) is 36.9 Å². The summed E-state index contributed by atoms with van der Waals surface area (Å²) in [4.78, 5) is 4.73. The number of hydrazone groups is 1. The molecule has 1 saturated carbocycles. The van der Waals surface area contributed by atoms with Crippen LogP contribution in [-0.4, -0.2) is 15.3 Å². The van der Waals surface area contributed by atoms with Gasteiger partial charge in [0.2, 0.25) is 0 Å². The Morgan fingerprint density at radius 2 is 2.08 bits per heavy atom. The Morgan fingerprint density at radius 1 is 1.23 bits per heavy atom. The van der Waals surface area contributed by atoms with Gasteiger partial charge in [-0.2, -0.15) is 5.10 Å². The minimum Gasteiger partial charge on any atom is -0.337 e. The van der Waals surface area contributed by atoms with Crippen LogP contribution in [0.2, 0.25) is 0 Å². The van der Waals surface area contributed by atoms with Gasteiger partial charge in [-0.05, 0) is 54.2 Å². The van der Waals surface area contributed by atoms with Crippen LogP contribution < -0.4 is 5.43 Å². The van der Waals surface area contributed by atoms with E-state index in [1.807, 2.05) is 12.4 Å². The highest BCUT2D eigenvalue weighted by Gasteiger charge is 2.45. The number of hydrogen-bond acceptors (Lipinski definition) is 3. The normalized spacial score (nSPS) is 27.7. The molecular weight excluding hydrogens is 320 g/mol. The molecule has 0 bridgehead atoms. The van der Waals surface area contributed by atoms with Crippen molar-refractivity contribution in [3.05, 3.63) is 77.5 Å². The lowest BCUT2D eigenvalue weighted by atomic mass is 9.62. The van der Waals surface area contributed by atoms with E-state index in [0.29, 0.717) is 11.8 Å². The van der Waals surface area contributed by atoms with Crippen molar-refractivity contribution < 1.29 is 0 Å². The Labute approximate surface area is 154 Å². The molecule has 4 nitrogen and oxygen atoms in total. The van der Waals surface area contributed by atoms with Crippen LogP contribution in [0, 0.1) is 5.92 Å². The largest absolute Gasteiger partial charge is 0.337 e. The van der Waals surface area contributed by atoms with Gasteiger partial charge in [-0.25, -0.2) is 4.98 Å². The second-order valence-electron chi connectivity index (χ2n) is 7.70. The molecule has 2 aliphatic carbocycles. The van der Waals surface area contributed by atoms with Gasteiger partial charge in [0.25, 0.3) is 0 Å². The molecule has 0 radical (unpaired) electrons. The third-order valence-electron chi connectivity index (χ3n) is 6.26. The van der Waals surface area contributed by atoms with Crippen LogP contribution in [0.4, 0.5) is 0 Å². The summed E-state index contributed by atoms with van der Waals surface area (Å²) in [5, 5.41) is 4.83. The molecule has 4 heteroatoms. The summed E-state index contributed by atoms with van der Waals surface area (Å²) in [5.74, 6) is 2.26. The Kier molecular flexibility index (Phi) is 3.59. The van der Waals surface area contributed by atoms with E-state index in [-0.39, 0.29) is 5.92 Å². The molecule has 1 aromatic carbocycles. The van der Waals surface area contributed by atoms with Crippen molar-refractivity contribution in [1.29, 1.82) is 0 Å². The van der Waals surface area contributed by atoms with Gasteiger partial charge in [0.05, 0.1) is 17.3 Å². The van der Waals surface area contributed by atoms with Crippen molar-refractivity contribution in [2.75, 3.05) is 0 Å². The maximum Gasteiger partial charge on any atom is 0.118 e. The van der Waals surface area contributed by atoms with Gasteiger partial charge in [0.1, 0.15) is 5.82 Å². The average Bonchev–Trinajstić information content (AvgIpc) is 3.10. The minimum absolute atomic E-state index is 0.178. The summed E-state index contributed by atoms with van der Waals surface area (Å²) in [6, 6.07) is 10.9. The summed E-state index contributed by atoms with van der Waals surface area (Å²) >= 11 is 0. The Hall–Kier alpha value is -2.62. The molecule has 1 aromatic heterocycles. The second kappa shape index (κ2) is 5.97. The number of benzene rings is 1. The van der Waals surface area contributed by atoms with E-state index in [9.17, 15) is 0 Å². The summed E-state index contributed by atoms with van der Waals surface area (Å²) in [6.07, 6.45) is 8.70. The fourth-order valence-corrected chi connectivity index (χ4v) is 5.10. The molecule has 5 rings (SSSR count). The predicted octanol–water partition coefficient (Wildman–Crippen LogP) is 4.26. The molecule has 1 fully saturated rings. The topological polar surface area (TPSA) is 42.2 Å². The van der Waals surface area contributed by atoms with E-state index >= 15 is 0 Å². The van der Waals surface area contributed by atoms with Gasteiger partial charge in [0, 0.05) is 19.4 Å². The highest BCUT2D eigenvalue weighted by molar-refractivity contribution is 6.08. The molecule has 2 heterocycles. The predicted molar refractivity (Wildman–Crippen MR) is 104 cm³/mol. The van der Waals surface area contributed by atoms with Crippen LogP contribution in [0.15, 0.2) is 71.2 Å². The maximum atomic E-state index is 4.83. The van der Waals surface area contributed by atoms with Crippen molar-refractivity contribution >= 4 is 5.71 Å². The Morgan fingerprint density at radius 3 is 2.85 bits per heavy atom. The van der Waals surface area contributed by atoms with Gasteiger partial charge in [0.15, 0.2) is 0 Å². The van der Waals surface area contributed by atoms with E-state index in [1.54, 1.807) is 0 Å². The highest BCUT2D eigenvalue weighted by atomic mass is 15.3. The quantitative estimate of drug-likeness (QED) is 0.884. The fourth-order valence-electron chi connectivity index (χ4n) is 5.10. The standard InChI is InChI=1S/C22H24N4/c1-14-17-10-6-9-16-13-18(15-7-4-3-5-8-15)20(21(19(16)17)25-24-14)22-23-11-12-26(22)2/h3-5,7-8,11-12,16,18,20,24H,1,6,9-10,13H2,2H3. The molecule has 1 aliphatic heterocycles. The average molecular weight is 344 g/mol. The number of hydrogen-bond donors (Lipinski definition) is 1. The molecule has 3 unspecified atom stereocenters. The molecular formula is C22H24N4. The number of nitrogens with zero attached hydrogens (tertiary/aromatic N) is 3. The maximum absolute atomic E-state index is 4.83. The van der Waals surface area contributed by atoms with Gasteiger partial charge >= 0.3 is 0 Å². The third kappa shape index (κ3) is 2.28. The lowest BCUT2D eigenvalue weighted by Gasteiger charge is -2.44. The van der Waals surface area contributed by atoms with E-state index in [2.05, 4.69) is 54.0 Å². The van der Waals surface area contributed by atoms with E-state index in [0.717, 1.165) is 24.4 Å². The van der Waals surface area contributed by atoms with Crippen LogP contribution in [-0.2, 0) is 7.05 Å². The molecule has 26 heavy (non-hydrogen) atoms. The molecule has 3 aliphatic rings. The van der Waals surface area contributed by atoms with Crippen molar-refractivity contribution in [1.82, 2.24) is 15.0 Å². The lowest BCUT2D eigenvalue weighted by molar-refractivity contribution is 0.389. The number of nitrogens with one attached hydrogen (secondary N) is 1. The highest BCUT2D eigenvalue weighted by Crippen LogP contribution is 2.52. The zero-order chi connectivity index (χ0) is 17.7. The first-order valence-electron chi connectivity index (χ1n) is 9.52. The number of allylic oxidation sites excluding steroid dienone is 2. The molecule has 1 N–H and O–H groups in total. The van der Waals surface area contributed by atoms with Crippen LogP contribution >= 0.6 is 0 Å². The molecule has 3 atom stereocenters. The van der Waals surface area contributed by atoms with Gasteiger partial charge in [-0.15, -0.1) is 0 Å². The third-order valence-corrected chi connectivity index (χ3v) is 6.26. The van der Waals surface area contributed by atoms with Crippen LogP contribution in [0.3, 0.4) is 0 Å². The van der Waals surface area contributed by atoms with Crippen molar-refractivity contribution in [3.8, 4) is 0 Å². The first-order valence-corrected chi connectivity index (χ1v) is 9.52. The summed E-state index contributed by atoms with van der Waals surface area (Å²) < 4.78 is 2.15. The first kappa shape index (κ1) is 15.6. The van der Waals surface area contributed by atoms with E-state index in [4.69, 9.17) is 10.1 Å². The van der Waals surface area contributed by atoms with Crippen LogP contribution in [0.25, 0.3) is 0 Å². The Balaban J connectivity index is 1.70. The number of rotatable bonds is 2. The minimum atomic E-state index is 0.178. The first-order chi connectivity index (χ1) is 12.7. The fraction of sp³-hybridized carbons (Fsp3) is 0.364. The lowest BCUT2D eigenvalue weighted by Crippen LogP contribution is -2.40. The van der Waals surface area contributed by atoms with Crippen LogP contribution in [0.5, 0.6) is 0 Å². The molecule has 0 amide bonds. The van der Waals surface area contributed by atoms with Gasteiger partial charge < -0.3 is 4.57 Å². The number of aromatic nitrogens is 2. The van der Waals surface area contributed by atoms with E-state index < -0.39 is 0 Å². The van der Waals surface area contributed by atoms with Gasteiger partial charge in [-0.3, -0.25) is 5.43 Å². The molecule has 0 spiro atoms. The molecule has 0 saturated heterocycles. The van der Waals surface area contributed by atoms with Crippen molar-refractivity contribution in [2.45, 2.75) is 37.5 Å². The van der Waals surface area contributed by atoms with Crippen molar-refractivity contribution in [3.63, 3.8) is 0 Å². The number of imidazole rings is 1. The Bertz CT molecular complexity index is 919. The van der Waals surface area contributed by atoms with Crippen LogP contribution in [0.1, 0.15) is 48.9 Å². The molecule has 2 aromatic rings. The summed E-state index contributed by atoms with van der Waals surface area (Å²) in [5.41, 5.74) is 9.64. The number of aryl methyl sites for hydroxylation is 1. The van der Waals surface area contributed by atoms with E-state index in [1.165, 1.54) is 35.3 Å².